The molecule has 0 saturated carbocycles. The van der Waals surface area contributed by atoms with Gasteiger partial charge in [0.2, 0.25) is 0 Å². The number of para-hydroxylation sites is 1. The van der Waals surface area contributed by atoms with Gasteiger partial charge in [0.1, 0.15) is 11.6 Å². The van der Waals surface area contributed by atoms with Crippen LogP contribution in [0.1, 0.15) is 25.3 Å². The van der Waals surface area contributed by atoms with E-state index in [1.54, 1.807) is 12.1 Å². The van der Waals surface area contributed by atoms with Gasteiger partial charge in [-0.2, -0.15) is 0 Å². The summed E-state index contributed by atoms with van der Waals surface area (Å²) in [5.74, 6) is 0.672. The van der Waals surface area contributed by atoms with Gasteiger partial charge in [0.05, 0.1) is 6.61 Å². The van der Waals surface area contributed by atoms with E-state index in [0.717, 1.165) is 38.2 Å². The Kier molecular flexibility index (Phi) is 7.49. The summed E-state index contributed by atoms with van der Waals surface area (Å²) in [7, 11) is 0. The van der Waals surface area contributed by atoms with Crippen LogP contribution >= 0.6 is 12.2 Å². The highest BCUT2D eigenvalue weighted by Gasteiger charge is 2.03. The van der Waals surface area contributed by atoms with Crippen LogP contribution in [0.4, 0.5) is 10.1 Å². The lowest BCUT2D eigenvalue weighted by Gasteiger charge is -2.12. The summed E-state index contributed by atoms with van der Waals surface area (Å²) >= 11 is 5.22. The van der Waals surface area contributed by atoms with E-state index in [-0.39, 0.29) is 5.82 Å². The largest absolute Gasteiger partial charge is 0.493 e. The molecule has 0 spiro atoms. The molecule has 0 aliphatic rings. The molecule has 0 saturated heterocycles. The summed E-state index contributed by atoms with van der Waals surface area (Å²) in [6.45, 7) is 3.57. The van der Waals surface area contributed by atoms with E-state index in [0.29, 0.717) is 10.8 Å². The first-order valence-electron chi connectivity index (χ1n) is 8.20. The van der Waals surface area contributed by atoms with Gasteiger partial charge in [-0.05, 0) is 61.3 Å². The molecule has 128 valence electrons. The molecule has 0 aliphatic carbocycles. The molecule has 0 heterocycles. The van der Waals surface area contributed by atoms with Gasteiger partial charge in [-0.3, -0.25) is 0 Å². The zero-order chi connectivity index (χ0) is 17.2. The molecule has 2 aromatic rings. The molecular formula is C19H23FN2OS. The number of thiocarbonyl (C=S) groups is 1. The molecule has 0 atom stereocenters. The van der Waals surface area contributed by atoms with Gasteiger partial charge in [0, 0.05) is 12.2 Å². The highest BCUT2D eigenvalue weighted by molar-refractivity contribution is 7.80. The van der Waals surface area contributed by atoms with Crippen molar-refractivity contribution in [2.45, 2.75) is 26.2 Å². The zero-order valence-electron chi connectivity index (χ0n) is 13.8. The van der Waals surface area contributed by atoms with Gasteiger partial charge in [-0.15, -0.1) is 0 Å². The first-order valence-corrected chi connectivity index (χ1v) is 8.61. The van der Waals surface area contributed by atoms with Gasteiger partial charge in [0.15, 0.2) is 5.11 Å². The van der Waals surface area contributed by atoms with Crippen LogP contribution in [0, 0.1) is 5.82 Å². The van der Waals surface area contributed by atoms with Crippen molar-refractivity contribution in [3.63, 3.8) is 0 Å². The molecule has 2 rings (SSSR count). The standard InChI is InChI=1S/C19H23FN2OS/c1-2-13-23-18-11-4-3-7-15(18)8-6-12-21-19(24)22-17-10-5-9-16(20)14-17/h3-5,7,9-11,14H,2,6,8,12-13H2,1H3,(H2,21,22,24). The monoisotopic (exact) mass is 346 g/mol. The van der Waals surface area contributed by atoms with Crippen LogP contribution in [-0.2, 0) is 6.42 Å². The Hall–Kier alpha value is -2.14. The van der Waals surface area contributed by atoms with Crippen LogP contribution in [0.2, 0.25) is 0 Å². The average molecular weight is 346 g/mol. The smallest absolute Gasteiger partial charge is 0.170 e. The number of benzene rings is 2. The molecule has 0 aromatic heterocycles. The Morgan fingerprint density at radius 2 is 2.00 bits per heavy atom. The summed E-state index contributed by atoms with van der Waals surface area (Å²) in [4.78, 5) is 0. The Balaban J connectivity index is 1.74. The normalized spacial score (nSPS) is 10.2. The van der Waals surface area contributed by atoms with Crippen molar-refractivity contribution in [3.8, 4) is 5.75 Å². The second-order valence-corrected chi connectivity index (χ2v) is 5.86. The maximum absolute atomic E-state index is 13.1. The molecule has 2 N–H and O–H groups in total. The quantitative estimate of drug-likeness (QED) is 0.543. The molecular weight excluding hydrogens is 323 g/mol. The highest BCUT2D eigenvalue weighted by atomic mass is 32.1. The van der Waals surface area contributed by atoms with Crippen LogP contribution in [0.25, 0.3) is 0 Å². The minimum atomic E-state index is -0.286. The zero-order valence-corrected chi connectivity index (χ0v) is 14.7. The van der Waals surface area contributed by atoms with Crippen LogP contribution in [-0.4, -0.2) is 18.3 Å². The number of nitrogens with one attached hydrogen (secondary N) is 2. The van der Waals surface area contributed by atoms with Crippen LogP contribution in [0.5, 0.6) is 5.75 Å². The molecule has 0 unspecified atom stereocenters. The maximum Gasteiger partial charge on any atom is 0.170 e. The molecule has 24 heavy (non-hydrogen) atoms. The second-order valence-electron chi connectivity index (χ2n) is 5.45. The van der Waals surface area contributed by atoms with Gasteiger partial charge in [-0.25, -0.2) is 4.39 Å². The van der Waals surface area contributed by atoms with Crippen LogP contribution < -0.4 is 15.4 Å². The number of anilines is 1. The molecule has 2 aromatic carbocycles. The van der Waals surface area contributed by atoms with Crippen LogP contribution in [0.3, 0.4) is 0 Å². The van der Waals surface area contributed by atoms with Crippen molar-refractivity contribution >= 4 is 23.0 Å². The molecule has 0 fully saturated rings. The molecule has 0 amide bonds. The Bertz CT molecular complexity index is 663. The number of hydrogen-bond donors (Lipinski definition) is 2. The first-order chi connectivity index (χ1) is 11.7. The van der Waals surface area contributed by atoms with E-state index in [1.165, 1.54) is 17.7 Å². The van der Waals surface area contributed by atoms with Crippen molar-refractivity contribution in [2.75, 3.05) is 18.5 Å². The lowest BCUT2D eigenvalue weighted by molar-refractivity contribution is 0.314. The molecule has 0 bridgehead atoms. The van der Waals surface area contributed by atoms with E-state index in [9.17, 15) is 4.39 Å². The second kappa shape index (κ2) is 9.88. The Labute approximate surface area is 148 Å². The van der Waals surface area contributed by atoms with E-state index in [2.05, 4.69) is 23.6 Å². The third kappa shape index (κ3) is 6.16. The fourth-order valence-electron chi connectivity index (χ4n) is 2.29. The number of rotatable bonds is 8. The van der Waals surface area contributed by atoms with Gasteiger partial charge < -0.3 is 15.4 Å². The van der Waals surface area contributed by atoms with Gasteiger partial charge in [-0.1, -0.05) is 31.2 Å². The maximum atomic E-state index is 13.1. The van der Waals surface area contributed by atoms with E-state index in [4.69, 9.17) is 17.0 Å². The average Bonchev–Trinajstić information content (AvgIpc) is 2.58. The van der Waals surface area contributed by atoms with Crippen molar-refractivity contribution in [3.05, 3.63) is 59.9 Å². The Morgan fingerprint density at radius 1 is 1.17 bits per heavy atom. The SMILES string of the molecule is CCCOc1ccccc1CCCNC(=S)Nc1cccc(F)c1. The Morgan fingerprint density at radius 3 is 2.79 bits per heavy atom. The third-order valence-corrected chi connectivity index (χ3v) is 3.67. The predicted octanol–water partition coefficient (Wildman–Crippen LogP) is 4.53. The first kappa shape index (κ1) is 18.2. The summed E-state index contributed by atoms with van der Waals surface area (Å²) in [6, 6.07) is 14.4. The summed E-state index contributed by atoms with van der Waals surface area (Å²) in [5, 5.41) is 6.61. The summed E-state index contributed by atoms with van der Waals surface area (Å²) in [5.41, 5.74) is 1.85. The lowest BCUT2D eigenvalue weighted by atomic mass is 10.1. The summed E-state index contributed by atoms with van der Waals surface area (Å²) in [6.07, 6.45) is 2.84. The number of hydrogen-bond acceptors (Lipinski definition) is 2. The number of halogens is 1. The predicted molar refractivity (Wildman–Crippen MR) is 101 cm³/mol. The minimum Gasteiger partial charge on any atom is -0.493 e. The lowest BCUT2D eigenvalue weighted by Crippen LogP contribution is -2.29. The van der Waals surface area contributed by atoms with E-state index in [1.807, 2.05) is 18.2 Å². The minimum absolute atomic E-state index is 0.286. The fraction of sp³-hybridized carbons (Fsp3) is 0.316. The van der Waals surface area contributed by atoms with Gasteiger partial charge in [0.25, 0.3) is 0 Å². The van der Waals surface area contributed by atoms with E-state index < -0.39 is 0 Å². The third-order valence-electron chi connectivity index (χ3n) is 3.43. The van der Waals surface area contributed by atoms with Crippen molar-refractivity contribution in [1.82, 2.24) is 5.32 Å². The van der Waals surface area contributed by atoms with Crippen LogP contribution in [0.15, 0.2) is 48.5 Å². The number of aryl methyl sites for hydroxylation is 1. The van der Waals surface area contributed by atoms with Crippen molar-refractivity contribution < 1.29 is 9.13 Å². The molecule has 0 radical (unpaired) electrons. The molecule has 0 aliphatic heterocycles. The fourth-order valence-corrected chi connectivity index (χ4v) is 2.51. The highest BCUT2D eigenvalue weighted by Crippen LogP contribution is 2.19. The molecule has 5 heteroatoms. The van der Waals surface area contributed by atoms with Crippen molar-refractivity contribution in [2.24, 2.45) is 0 Å². The topological polar surface area (TPSA) is 33.3 Å². The number of ether oxygens (including phenoxy) is 1. The molecule has 3 nitrogen and oxygen atoms in total. The summed E-state index contributed by atoms with van der Waals surface area (Å²) < 4.78 is 18.9. The van der Waals surface area contributed by atoms with Crippen molar-refractivity contribution in [1.29, 1.82) is 0 Å². The van der Waals surface area contributed by atoms with E-state index >= 15 is 0 Å². The van der Waals surface area contributed by atoms with Gasteiger partial charge >= 0.3 is 0 Å².